The van der Waals surface area contributed by atoms with Gasteiger partial charge in [0.2, 0.25) is 0 Å². The van der Waals surface area contributed by atoms with Crippen LogP contribution in [0.4, 0.5) is 0 Å². The molecule has 1 heterocycles. The number of ether oxygens (including phenoxy) is 2. The molecule has 1 saturated carbocycles. The van der Waals surface area contributed by atoms with Crippen LogP contribution in [0.15, 0.2) is 12.1 Å². The highest BCUT2D eigenvalue weighted by Crippen LogP contribution is 2.40. The minimum atomic E-state index is -0.630. The zero-order valence-corrected chi connectivity index (χ0v) is 14.1. The lowest BCUT2D eigenvalue weighted by atomic mass is 9.92. The molecule has 0 saturated heterocycles. The van der Waals surface area contributed by atoms with Gasteiger partial charge in [-0.15, -0.1) is 0 Å². The summed E-state index contributed by atoms with van der Waals surface area (Å²) in [7, 11) is 0. The average molecular weight is 333 g/mol. The Hall–Kier alpha value is -2.24. The number of phenols is 1. The maximum atomic E-state index is 12.1. The van der Waals surface area contributed by atoms with Crippen molar-refractivity contribution in [2.24, 2.45) is 0 Å². The van der Waals surface area contributed by atoms with Crippen molar-refractivity contribution in [2.75, 3.05) is 6.61 Å². The van der Waals surface area contributed by atoms with Crippen LogP contribution in [-0.2, 0) is 4.79 Å². The van der Waals surface area contributed by atoms with Crippen LogP contribution in [0.1, 0.15) is 56.3 Å². The number of hydrogen-bond donors (Lipinski definition) is 2. The summed E-state index contributed by atoms with van der Waals surface area (Å²) in [4.78, 5) is 24.1. The van der Waals surface area contributed by atoms with E-state index in [0.717, 1.165) is 25.7 Å². The first-order valence-corrected chi connectivity index (χ1v) is 8.35. The van der Waals surface area contributed by atoms with Crippen molar-refractivity contribution < 1.29 is 24.2 Å². The third-order valence-corrected chi connectivity index (χ3v) is 4.40. The van der Waals surface area contributed by atoms with Crippen LogP contribution in [0.5, 0.6) is 17.2 Å². The van der Waals surface area contributed by atoms with Gasteiger partial charge in [0.25, 0.3) is 5.91 Å². The van der Waals surface area contributed by atoms with Crippen molar-refractivity contribution in [1.29, 1.82) is 0 Å². The van der Waals surface area contributed by atoms with E-state index in [2.05, 4.69) is 5.32 Å². The van der Waals surface area contributed by atoms with E-state index >= 15 is 0 Å². The van der Waals surface area contributed by atoms with E-state index in [1.54, 1.807) is 6.07 Å². The molecule has 6 heteroatoms. The van der Waals surface area contributed by atoms with Crippen molar-refractivity contribution in [3.05, 3.63) is 17.7 Å². The number of ketones is 1. The smallest absolute Gasteiger partial charge is 0.258 e. The summed E-state index contributed by atoms with van der Waals surface area (Å²) in [6.45, 7) is 3.49. The van der Waals surface area contributed by atoms with Crippen LogP contribution in [0.25, 0.3) is 0 Å². The summed E-state index contributed by atoms with van der Waals surface area (Å²) < 4.78 is 11.2. The molecule has 0 spiro atoms. The lowest BCUT2D eigenvalue weighted by Crippen LogP contribution is -2.36. The molecular weight excluding hydrogens is 310 g/mol. The van der Waals surface area contributed by atoms with Gasteiger partial charge in [-0.3, -0.25) is 9.59 Å². The van der Waals surface area contributed by atoms with Crippen molar-refractivity contribution in [1.82, 2.24) is 5.32 Å². The minimum Gasteiger partial charge on any atom is -0.507 e. The minimum absolute atomic E-state index is 0.133. The maximum absolute atomic E-state index is 12.1. The van der Waals surface area contributed by atoms with Crippen molar-refractivity contribution in [3.8, 4) is 17.2 Å². The standard InChI is InChI=1S/C18H23NO5/c1-18(2)9-14(21)17-13(20)7-12(8-15(17)24-18)23-10-16(22)19-11-5-3-4-6-11/h7-8,11,20H,3-6,9-10H2,1-2H3,(H,19,22). The van der Waals surface area contributed by atoms with Crippen LogP contribution >= 0.6 is 0 Å². The van der Waals surface area contributed by atoms with Gasteiger partial charge in [-0.1, -0.05) is 12.8 Å². The number of nitrogens with one attached hydrogen (secondary N) is 1. The highest BCUT2D eigenvalue weighted by atomic mass is 16.5. The van der Waals surface area contributed by atoms with Gasteiger partial charge in [0.1, 0.15) is 28.4 Å². The van der Waals surface area contributed by atoms with Gasteiger partial charge in [0.05, 0.1) is 6.42 Å². The zero-order chi connectivity index (χ0) is 17.3. The summed E-state index contributed by atoms with van der Waals surface area (Å²) in [6.07, 6.45) is 4.52. The Morgan fingerprint density at radius 3 is 2.79 bits per heavy atom. The average Bonchev–Trinajstić information content (AvgIpc) is 2.95. The normalized spacial score (nSPS) is 19.5. The molecule has 130 valence electrons. The van der Waals surface area contributed by atoms with Crippen LogP contribution in [0.2, 0.25) is 0 Å². The number of amides is 1. The molecule has 0 atom stereocenters. The number of phenolic OH excluding ortho intramolecular Hbond substituents is 1. The molecule has 0 bridgehead atoms. The number of fused-ring (bicyclic) bond motifs is 1. The fourth-order valence-electron chi connectivity index (χ4n) is 3.32. The van der Waals surface area contributed by atoms with Gasteiger partial charge in [-0.2, -0.15) is 0 Å². The second-order valence-corrected chi connectivity index (χ2v) is 7.11. The summed E-state index contributed by atoms with van der Waals surface area (Å²) in [6, 6.07) is 3.14. The lowest BCUT2D eigenvalue weighted by Gasteiger charge is -2.32. The van der Waals surface area contributed by atoms with Crippen LogP contribution in [0, 0.1) is 0 Å². The second-order valence-electron chi connectivity index (χ2n) is 7.11. The first-order chi connectivity index (χ1) is 11.3. The maximum Gasteiger partial charge on any atom is 0.258 e. The van der Waals surface area contributed by atoms with E-state index in [9.17, 15) is 14.7 Å². The third kappa shape index (κ3) is 3.63. The van der Waals surface area contributed by atoms with Gasteiger partial charge in [-0.25, -0.2) is 0 Å². The zero-order valence-electron chi connectivity index (χ0n) is 14.1. The molecule has 0 unspecified atom stereocenters. The molecular formula is C18H23NO5. The Bertz CT molecular complexity index is 662. The molecule has 6 nitrogen and oxygen atoms in total. The molecule has 1 fully saturated rings. The van der Waals surface area contributed by atoms with Gasteiger partial charge in [0, 0.05) is 18.2 Å². The molecule has 1 amide bonds. The summed E-state index contributed by atoms with van der Waals surface area (Å²) in [5.41, 5.74) is -0.452. The van der Waals surface area contributed by atoms with Crippen molar-refractivity contribution in [3.63, 3.8) is 0 Å². The SMILES string of the molecule is CC1(C)CC(=O)c2c(O)cc(OCC(=O)NC3CCCC3)cc2O1. The number of Topliss-reactive ketones (excluding diaryl/α,β-unsaturated/α-hetero) is 1. The molecule has 3 rings (SSSR count). The molecule has 1 aliphatic heterocycles. The molecule has 1 aromatic rings. The predicted octanol–water partition coefficient (Wildman–Crippen LogP) is 2.57. The molecule has 0 aromatic heterocycles. The number of carbonyl (C=O) groups excluding carboxylic acids is 2. The van der Waals surface area contributed by atoms with Gasteiger partial charge >= 0.3 is 0 Å². The van der Waals surface area contributed by atoms with E-state index in [1.165, 1.54) is 6.07 Å². The van der Waals surface area contributed by atoms with Crippen LogP contribution in [0.3, 0.4) is 0 Å². The van der Waals surface area contributed by atoms with Gasteiger partial charge < -0.3 is 19.9 Å². The van der Waals surface area contributed by atoms with E-state index in [4.69, 9.17) is 9.47 Å². The van der Waals surface area contributed by atoms with Crippen LogP contribution in [-0.4, -0.2) is 35.0 Å². The number of rotatable bonds is 4. The summed E-state index contributed by atoms with van der Waals surface area (Å²) in [5, 5.41) is 13.0. The Kier molecular flexibility index (Phi) is 4.39. The van der Waals surface area contributed by atoms with E-state index in [0.29, 0.717) is 11.5 Å². The molecule has 2 N–H and O–H groups in total. The molecule has 2 aliphatic rings. The van der Waals surface area contributed by atoms with E-state index in [1.807, 2.05) is 13.8 Å². The van der Waals surface area contributed by atoms with E-state index < -0.39 is 5.60 Å². The van der Waals surface area contributed by atoms with Crippen LogP contribution < -0.4 is 14.8 Å². The largest absolute Gasteiger partial charge is 0.507 e. The van der Waals surface area contributed by atoms with Gasteiger partial charge in [0.15, 0.2) is 12.4 Å². The molecule has 24 heavy (non-hydrogen) atoms. The van der Waals surface area contributed by atoms with Gasteiger partial charge in [-0.05, 0) is 26.7 Å². The quantitative estimate of drug-likeness (QED) is 0.884. The lowest BCUT2D eigenvalue weighted by molar-refractivity contribution is -0.123. The highest BCUT2D eigenvalue weighted by Gasteiger charge is 2.35. The molecule has 0 radical (unpaired) electrons. The monoisotopic (exact) mass is 333 g/mol. The number of hydrogen-bond acceptors (Lipinski definition) is 5. The Morgan fingerprint density at radius 1 is 1.38 bits per heavy atom. The predicted molar refractivity (Wildman–Crippen MR) is 87.7 cm³/mol. The fraction of sp³-hybridized carbons (Fsp3) is 0.556. The molecule has 1 aliphatic carbocycles. The van der Waals surface area contributed by atoms with Crippen molar-refractivity contribution in [2.45, 2.75) is 57.6 Å². The second kappa shape index (κ2) is 6.34. The third-order valence-electron chi connectivity index (χ3n) is 4.40. The molecule has 1 aromatic carbocycles. The van der Waals surface area contributed by atoms with Crippen molar-refractivity contribution >= 4 is 11.7 Å². The first kappa shape index (κ1) is 16.6. The van der Waals surface area contributed by atoms with E-state index in [-0.39, 0.29) is 42.1 Å². The summed E-state index contributed by atoms with van der Waals surface area (Å²) in [5.74, 6) is 0.0701. The summed E-state index contributed by atoms with van der Waals surface area (Å²) >= 11 is 0. The topological polar surface area (TPSA) is 84.9 Å². The first-order valence-electron chi connectivity index (χ1n) is 8.35. The Labute approximate surface area is 141 Å². The number of aromatic hydroxyl groups is 1. The fourth-order valence-corrected chi connectivity index (χ4v) is 3.32. The Morgan fingerprint density at radius 2 is 2.08 bits per heavy atom. The number of carbonyl (C=O) groups is 2. The highest BCUT2D eigenvalue weighted by molar-refractivity contribution is 6.03. The number of benzene rings is 1. The Balaban J connectivity index is 1.67.